The van der Waals surface area contributed by atoms with Crippen LogP contribution in [0.5, 0.6) is 0 Å². The van der Waals surface area contributed by atoms with Crippen LogP contribution in [0, 0.1) is 5.82 Å². The zero-order valence-corrected chi connectivity index (χ0v) is 9.38. The number of nitrogens with two attached hydrogens (primary N) is 1. The summed E-state index contributed by atoms with van der Waals surface area (Å²) < 4.78 is 12.7. The minimum absolute atomic E-state index is 0.226. The molecule has 4 heteroatoms. The van der Waals surface area contributed by atoms with Gasteiger partial charge in [-0.3, -0.25) is 0 Å². The fourth-order valence-corrected chi connectivity index (χ4v) is 1.97. The fraction of sp³-hybridized carbons (Fsp3) is 0.0833. The van der Waals surface area contributed by atoms with Gasteiger partial charge in [-0.25, -0.2) is 9.37 Å². The lowest BCUT2D eigenvalue weighted by Gasteiger charge is -2.01. The van der Waals surface area contributed by atoms with E-state index >= 15 is 0 Å². The van der Waals surface area contributed by atoms with Crippen LogP contribution in [0.25, 0.3) is 0 Å². The van der Waals surface area contributed by atoms with Gasteiger partial charge < -0.3 is 5.73 Å². The van der Waals surface area contributed by atoms with Gasteiger partial charge in [0.15, 0.2) is 0 Å². The summed E-state index contributed by atoms with van der Waals surface area (Å²) in [5.41, 5.74) is 6.48. The van der Waals surface area contributed by atoms with Crippen LogP contribution in [0.1, 0.15) is 5.56 Å². The summed E-state index contributed by atoms with van der Waals surface area (Å²) >= 11 is 1.50. The number of hydrogen-bond acceptors (Lipinski definition) is 3. The Bertz CT molecular complexity index is 453. The molecule has 16 heavy (non-hydrogen) atoms. The number of halogens is 1. The lowest BCUT2D eigenvalue weighted by Crippen LogP contribution is -1.96. The average Bonchev–Trinajstić information content (AvgIpc) is 2.33. The highest BCUT2D eigenvalue weighted by Gasteiger charge is 1.99. The Morgan fingerprint density at radius 1 is 1.12 bits per heavy atom. The van der Waals surface area contributed by atoms with E-state index in [0.717, 1.165) is 15.5 Å². The summed E-state index contributed by atoms with van der Waals surface area (Å²) in [6, 6.07) is 10.2. The van der Waals surface area contributed by atoms with Crippen molar-refractivity contribution in [2.24, 2.45) is 5.73 Å². The Balaban J connectivity index is 2.11. The summed E-state index contributed by atoms with van der Waals surface area (Å²) in [5.74, 6) is -0.226. The molecule has 1 aromatic heterocycles. The molecule has 0 saturated heterocycles. The molecule has 2 nitrogen and oxygen atoms in total. The van der Waals surface area contributed by atoms with Crippen molar-refractivity contribution < 1.29 is 4.39 Å². The largest absolute Gasteiger partial charge is 0.326 e. The summed E-state index contributed by atoms with van der Waals surface area (Å²) in [6.45, 7) is 0.495. The summed E-state index contributed by atoms with van der Waals surface area (Å²) in [6.07, 6.45) is 1.76. The first kappa shape index (κ1) is 11.1. The molecule has 2 aromatic rings. The third kappa shape index (κ3) is 2.81. The van der Waals surface area contributed by atoms with E-state index in [9.17, 15) is 4.39 Å². The zero-order chi connectivity index (χ0) is 11.4. The van der Waals surface area contributed by atoms with E-state index < -0.39 is 0 Å². The van der Waals surface area contributed by atoms with Gasteiger partial charge in [0.2, 0.25) is 0 Å². The highest BCUT2D eigenvalue weighted by molar-refractivity contribution is 7.99. The molecular weight excluding hydrogens is 223 g/mol. The maximum Gasteiger partial charge on any atom is 0.123 e. The van der Waals surface area contributed by atoms with Crippen LogP contribution in [0.3, 0.4) is 0 Å². The van der Waals surface area contributed by atoms with Crippen LogP contribution in [0.2, 0.25) is 0 Å². The third-order valence-electron chi connectivity index (χ3n) is 2.07. The van der Waals surface area contributed by atoms with Gasteiger partial charge in [-0.2, -0.15) is 0 Å². The number of nitrogens with zero attached hydrogens (tertiary/aromatic N) is 1. The minimum atomic E-state index is -0.226. The first-order valence-electron chi connectivity index (χ1n) is 4.86. The smallest absolute Gasteiger partial charge is 0.123 e. The molecule has 2 rings (SSSR count). The van der Waals surface area contributed by atoms with Crippen LogP contribution < -0.4 is 5.73 Å². The van der Waals surface area contributed by atoms with E-state index in [1.807, 2.05) is 12.1 Å². The number of rotatable bonds is 3. The maximum absolute atomic E-state index is 12.7. The van der Waals surface area contributed by atoms with Crippen LogP contribution in [-0.2, 0) is 6.54 Å². The van der Waals surface area contributed by atoms with Crippen LogP contribution in [0.15, 0.2) is 52.5 Å². The van der Waals surface area contributed by atoms with Crippen molar-refractivity contribution in [2.45, 2.75) is 16.5 Å². The van der Waals surface area contributed by atoms with E-state index in [0.29, 0.717) is 6.54 Å². The molecule has 2 N–H and O–H groups in total. The molecule has 0 saturated carbocycles. The molecule has 0 unspecified atom stereocenters. The van der Waals surface area contributed by atoms with Crippen LogP contribution in [-0.4, -0.2) is 4.98 Å². The second-order valence-corrected chi connectivity index (χ2v) is 4.36. The van der Waals surface area contributed by atoms with Crippen molar-refractivity contribution in [3.8, 4) is 0 Å². The molecule has 0 radical (unpaired) electrons. The third-order valence-corrected chi connectivity index (χ3v) is 3.03. The van der Waals surface area contributed by atoms with E-state index in [-0.39, 0.29) is 5.82 Å². The van der Waals surface area contributed by atoms with Gasteiger partial charge in [0.1, 0.15) is 10.8 Å². The topological polar surface area (TPSA) is 38.9 Å². The Morgan fingerprint density at radius 2 is 1.88 bits per heavy atom. The molecule has 0 bridgehead atoms. The van der Waals surface area contributed by atoms with Crippen molar-refractivity contribution in [1.29, 1.82) is 0 Å². The van der Waals surface area contributed by atoms with Gasteiger partial charge in [-0.1, -0.05) is 17.8 Å². The molecule has 0 aliphatic rings. The van der Waals surface area contributed by atoms with E-state index in [1.54, 1.807) is 18.3 Å². The number of hydrogen-bond donors (Lipinski definition) is 1. The van der Waals surface area contributed by atoms with E-state index in [4.69, 9.17) is 5.73 Å². The number of aromatic nitrogens is 1. The molecule has 0 aliphatic carbocycles. The minimum Gasteiger partial charge on any atom is -0.326 e. The monoisotopic (exact) mass is 234 g/mol. The maximum atomic E-state index is 12.7. The molecule has 0 amide bonds. The zero-order valence-electron chi connectivity index (χ0n) is 8.56. The molecule has 0 atom stereocenters. The standard InChI is InChI=1S/C12H11FN2S/c13-10-2-4-11(5-3-10)16-12-6-1-9(7-14)8-15-12/h1-6,8H,7,14H2. The Morgan fingerprint density at radius 3 is 2.44 bits per heavy atom. The lowest BCUT2D eigenvalue weighted by atomic mass is 10.3. The Hall–Kier alpha value is -1.39. The molecule has 1 heterocycles. The molecule has 82 valence electrons. The van der Waals surface area contributed by atoms with Crippen molar-refractivity contribution in [3.63, 3.8) is 0 Å². The van der Waals surface area contributed by atoms with Gasteiger partial charge in [0.05, 0.1) is 0 Å². The predicted octanol–water partition coefficient (Wildman–Crippen LogP) is 2.83. The van der Waals surface area contributed by atoms with Crippen molar-refractivity contribution >= 4 is 11.8 Å². The van der Waals surface area contributed by atoms with Gasteiger partial charge in [-0.05, 0) is 35.9 Å². The average molecular weight is 234 g/mol. The van der Waals surface area contributed by atoms with Crippen molar-refractivity contribution in [1.82, 2.24) is 4.98 Å². The lowest BCUT2D eigenvalue weighted by molar-refractivity contribution is 0.626. The Labute approximate surface area is 97.7 Å². The predicted molar refractivity (Wildman–Crippen MR) is 62.7 cm³/mol. The quantitative estimate of drug-likeness (QED) is 0.887. The number of benzene rings is 1. The van der Waals surface area contributed by atoms with Crippen molar-refractivity contribution in [3.05, 3.63) is 54.0 Å². The normalized spacial score (nSPS) is 10.4. The SMILES string of the molecule is NCc1ccc(Sc2ccc(F)cc2)nc1. The summed E-state index contributed by atoms with van der Waals surface area (Å²) in [4.78, 5) is 5.22. The second-order valence-electron chi connectivity index (χ2n) is 3.26. The summed E-state index contributed by atoms with van der Waals surface area (Å²) in [5, 5.41) is 0.879. The van der Waals surface area contributed by atoms with E-state index in [1.165, 1.54) is 23.9 Å². The first-order chi connectivity index (χ1) is 7.78. The van der Waals surface area contributed by atoms with Gasteiger partial charge in [0, 0.05) is 17.6 Å². The van der Waals surface area contributed by atoms with Gasteiger partial charge >= 0.3 is 0 Å². The molecule has 0 aliphatic heterocycles. The molecule has 1 aromatic carbocycles. The number of pyridine rings is 1. The highest BCUT2D eigenvalue weighted by atomic mass is 32.2. The molecular formula is C12H11FN2S. The van der Waals surface area contributed by atoms with E-state index in [2.05, 4.69) is 4.98 Å². The highest BCUT2D eigenvalue weighted by Crippen LogP contribution is 2.25. The Kier molecular flexibility index (Phi) is 3.54. The molecule has 0 spiro atoms. The van der Waals surface area contributed by atoms with Gasteiger partial charge in [-0.15, -0.1) is 0 Å². The summed E-state index contributed by atoms with van der Waals surface area (Å²) in [7, 11) is 0. The van der Waals surface area contributed by atoms with Crippen LogP contribution in [0.4, 0.5) is 4.39 Å². The fourth-order valence-electron chi connectivity index (χ4n) is 1.22. The van der Waals surface area contributed by atoms with Crippen LogP contribution >= 0.6 is 11.8 Å². The second kappa shape index (κ2) is 5.09. The van der Waals surface area contributed by atoms with Gasteiger partial charge in [0.25, 0.3) is 0 Å². The first-order valence-corrected chi connectivity index (χ1v) is 5.68. The van der Waals surface area contributed by atoms with Crippen molar-refractivity contribution in [2.75, 3.05) is 0 Å². The molecule has 0 fully saturated rings.